The number of halogens is 2. The zero-order valence-electron chi connectivity index (χ0n) is 20.9. The summed E-state index contributed by atoms with van der Waals surface area (Å²) >= 11 is 11.8. The van der Waals surface area contributed by atoms with Crippen molar-refractivity contribution in [1.82, 2.24) is 4.57 Å². The van der Waals surface area contributed by atoms with E-state index in [1.54, 1.807) is 0 Å². The number of hydrogen-bond acceptors (Lipinski definition) is 4. The normalized spacial score (nSPS) is 16.5. The van der Waals surface area contributed by atoms with Crippen LogP contribution < -0.4 is 14.9 Å². The van der Waals surface area contributed by atoms with Gasteiger partial charge < -0.3 is 4.42 Å². The molecule has 5 aromatic rings. The number of nitrogens with zero attached hydrogens (tertiary/aromatic N) is 2. The van der Waals surface area contributed by atoms with E-state index >= 15 is 0 Å². The van der Waals surface area contributed by atoms with Crippen LogP contribution in [0.4, 0.5) is 0 Å². The van der Waals surface area contributed by atoms with E-state index in [2.05, 4.69) is 46.3 Å². The van der Waals surface area contributed by atoms with Crippen LogP contribution in [0.15, 0.2) is 103 Å². The molecule has 0 saturated carbocycles. The second kappa shape index (κ2) is 9.63. The average molecular weight is 614 g/mol. The van der Waals surface area contributed by atoms with Crippen molar-refractivity contribution >= 4 is 50.6 Å². The van der Waals surface area contributed by atoms with E-state index in [1.165, 1.54) is 16.9 Å². The molecule has 1 aliphatic carbocycles. The number of fused-ring (bicyclic) bond motifs is 3. The van der Waals surface area contributed by atoms with E-state index in [1.807, 2.05) is 66.1 Å². The maximum Gasteiger partial charge on any atom is 0.271 e. The lowest BCUT2D eigenvalue weighted by atomic mass is 9.83. The predicted molar refractivity (Wildman–Crippen MR) is 161 cm³/mol. The first-order valence-electron chi connectivity index (χ1n) is 12.7. The van der Waals surface area contributed by atoms with Crippen LogP contribution in [0.3, 0.4) is 0 Å². The van der Waals surface area contributed by atoms with E-state index in [4.69, 9.17) is 21.0 Å². The van der Waals surface area contributed by atoms with Gasteiger partial charge >= 0.3 is 0 Å². The molecule has 7 rings (SSSR count). The predicted octanol–water partition coefficient (Wildman–Crippen LogP) is 7.30. The van der Waals surface area contributed by atoms with Crippen LogP contribution in [0.1, 0.15) is 40.5 Å². The number of allylic oxidation sites excluding steroid dienone is 1. The number of aryl methyl sites for hydroxylation is 2. The number of benzene rings is 3. The Hall–Kier alpha value is -3.45. The Morgan fingerprint density at radius 3 is 2.69 bits per heavy atom. The molecule has 0 bridgehead atoms. The second-order valence-corrected chi connectivity index (χ2v) is 12.1. The SMILES string of the molecule is Cc1ccc(-c2ccc(/C=c3\sc4n(c3=O)C(c3ccccc3Cl)C3=C(N=4)c4ccccc4CC3)o2)c(Br)c1. The fraction of sp³-hybridized carbons (Fsp3) is 0.125. The molecule has 192 valence electrons. The summed E-state index contributed by atoms with van der Waals surface area (Å²) in [7, 11) is 0. The molecule has 0 N–H and O–H groups in total. The van der Waals surface area contributed by atoms with E-state index in [9.17, 15) is 4.79 Å². The lowest BCUT2D eigenvalue weighted by Gasteiger charge is -2.31. The molecule has 3 heterocycles. The number of hydrogen-bond donors (Lipinski definition) is 0. The van der Waals surface area contributed by atoms with Crippen LogP contribution in [-0.4, -0.2) is 4.57 Å². The molecule has 0 fully saturated rings. The molecule has 1 unspecified atom stereocenters. The van der Waals surface area contributed by atoms with Gasteiger partial charge in [-0.1, -0.05) is 87.4 Å². The van der Waals surface area contributed by atoms with E-state index < -0.39 is 0 Å². The van der Waals surface area contributed by atoms with Gasteiger partial charge in [0.2, 0.25) is 0 Å². The molecule has 1 atom stereocenters. The summed E-state index contributed by atoms with van der Waals surface area (Å²) in [6.07, 6.45) is 3.54. The van der Waals surface area contributed by atoms with Crippen LogP contribution in [0.2, 0.25) is 5.02 Å². The monoisotopic (exact) mass is 612 g/mol. The van der Waals surface area contributed by atoms with Crippen molar-refractivity contribution in [3.63, 3.8) is 0 Å². The summed E-state index contributed by atoms with van der Waals surface area (Å²) in [5, 5.41) is 0.643. The minimum Gasteiger partial charge on any atom is -0.457 e. The van der Waals surface area contributed by atoms with Crippen molar-refractivity contribution < 1.29 is 4.42 Å². The highest BCUT2D eigenvalue weighted by molar-refractivity contribution is 9.10. The van der Waals surface area contributed by atoms with Gasteiger partial charge in [-0.2, -0.15) is 0 Å². The molecule has 3 aromatic carbocycles. The largest absolute Gasteiger partial charge is 0.457 e. The third-order valence-corrected chi connectivity index (χ3v) is 9.35. The first kappa shape index (κ1) is 24.6. The van der Waals surface area contributed by atoms with Crippen LogP contribution >= 0.6 is 38.9 Å². The van der Waals surface area contributed by atoms with Gasteiger partial charge in [0, 0.05) is 26.7 Å². The van der Waals surface area contributed by atoms with Gasteiger partial charge in [-0.15, -0.1) is 0 Å². The van der Waals surface area contributed by atoms with Crippen molar-refractivity contribution in [2.45, 2.75) is 25.8 Å². The third kappa shape index (κ3) is 4.18. The Labute approximate surface area is 242 Å². The molecule has 2 aliphatic rings. The molecular weight excluding hydrogens is 592 g/mol. The highest BCUT2D eigenvalue weighted by Crippen LogP contribution is 2.42. The fourth-order valence-electron chi connectivity index (χ4n) is 5.52. The lowest BCUT2D eigenvalue weighted by molar-refractivity contribution is 0.570. The van der Waals surface area contributed by atoms with E-state index in [-0.39, 0.29) is 11.6 Å². The minimum absolute atomic E-state index is 0.0939. The molecule has 2 aromatic heterocycles. The summed E-state index contributed by atoms with van der Waals surface area (Å²) in [4.78, 5) is 19.7. The second-order valence-electron chi connectivity index (χ2n) is 9.82. The Morgan fingerprint density at radius 2 is 1.85 bits per heavy atom. The van der Waals surface area contributed by atoms with Crippen molar-refractivity contribution in [2.24, 2.45) is 4.99 Å². The molecule has 1 aliphatic heterocycles. The Balaban J connectivity index is 1.41. The standard InChI is InChI=1S/C32H22BrClN2O2S/c1-18-10-13-22(25(33)16-18)27-15-12-20(38-27)17-28-31(37)36-30(23-8-4-5-9-26(23)34)24-14-11-19-6-2-3-7-21(19)29(24)35-32(36)39-28/h2-10,12-13,15-17,30H,11,14H2,1H3/b28-17-. The van der Waals surface area contributed by atoms with Gasteiger partial charge in [-0.05, 0) is 72.4 Å². The van der Waals surface area contributed by atoms with Crippen molar-refractivity contribution in [3.05, 3.63) is 142 Å². The molecule has 0 saturated heterocycles. The van der Waals surface area contributed by atoms with Crippen LogP contribution in [0.25, 0.3) is 23.1 Å². The van der Waals surface area contributed by atoms with Crippen molar-refractivity contribution in [2.75, 3.05) is 0 Å². The molecule has 39 heavy (non-hydrogen) atoms. The average Bonchev–Trinajstić information content (AvgIpc) is 3.52. The van der Waals surface area contributed by atoms with Gasteiger partial charge in [0.05, 0.1) is 16.3 Å². The third-order valence-electron chi connectivity index (χ3n) is 7.36. The molecule has 7 heteroatoms. The first-order chi connectivity index (χ1) is 19.0. The van der Waals surface area contributed by atoms with E-state index in [0.29, 0.717) is 20.1 Å². The quantitative estimate of drug-likeness (QED) is 0.214. The van der Waals surface area contributed by atoms with Gasteiger partial charge in [-0.3, -0.25) is 9.36 Å². The summed E-state index contributed by atoms with van der Waals surface area (Å²) in [6.45, 7) is 2.05. The zero-order valence-corrected chi connectivity index (χ0v) is 24.1. The Morgan fingerprint density at radius 1 is 1.03 bits per heavy atom. The molecule has 0 amide bonds. The summed E-state index contributed by atoms with van der Waals surface area (Å²) in [5.74, 6) is 1.35. The maximum atomic E-state index is 14.0. The Bertz CT molecular complexity index is 2000. The van der Waals surface area contributed by atoms with Gasteiger partial charge in [0.15, 0.2) is 4.80 Å². The molecule has 4 nitrogen and oxygen atoms in total. The maximum absolute atomic E-state index is 14.0. The van der Waals surface area contributed by atoms with Crippen LogP contribution in [0.5, 0.6) is 0 Å². The number of aromatic nitrogens is 1. The summed E-state index contributed by atoms with van der Waals surface area (Å²) in [6, 6.07) is 25.9. The number of furan rings is 1. The summed E-state index contributed by atoms with van der Waals surface area (Å²) < 4.78 is 9.51. The fourth-order valence-corrected chi connectivity index (χ4v) is 7.43. The highest BCUT2D eigenvalue weighted by Gasteiger charge is 2.33. The van der Waals surface area contributed by atoms with Crippen LogP contribution in [-0.2, 0) is 6.42 Å². The van der Waals surface area contributed by atoms with E-state index in [0.717, 1.165) is 56.6 Å². The zero-order chi connectivity index (χ0) is 26.7. The smallest absolute Gasteiger partial charge is 0.271 e. The number of thiazole rings is 1. The van der Waals surface area contributed by atoms with Gasteiger partial charge in [0.25, 0.3) is 5.56 Å². The summed E-state index contributed by atoms with van der Waals surface area (Å²) in [5.41, 5.74) is 7.45. The van der Waals surface area contributed by atoms with Crippen LogP contribution in [0, 0.1) is 6.92 Å². The van der Waals surface area contributed by atoms with Gasteiger partial charge in [0.1, 0.15) is 11.5 Å². The molecular formula is C32H22BrClN2O2S. The first-order valence-corrected chi connectivity index (χ1v) is 14.7. The van der Waals surface area contributed by atoms with Gasteiger partial charge in [-0.25, -0.2) is 4.99 Å². The molecule has 0 spiro atoms. The molecule has 0 radical (unpaired) electrons. The topological polar surface area (TPSA) is 47.5 Å². The van der Waals surface area contributed by atoms with Crippen molar-refractivity contribution in [3.8, 4) is 11.3 Å². The Kier molecular flexibility index (Phi) is 6.07. The number of rotatable bonds is 3. The minimum atomic E-state index is -0.309. The van der Waals surface area contributed by atoms with Crippen molar-refractivity contribution in [1.29, 1.82) is 0 Å². The highest BCUT2D eigenvalue weighted by atomic mass is 79.9. The lowest BCUT2D eigenvalue weighted by Crippen LogP contribution is -2.38.